The minimum atomic E-state index is -0.896. The fourth-order valence-electron chi connectivity index (χ4n) is 2.09. The Labute approximate surface area is 139 Å². The summed E-state index contributed by atoms with van der Waals surface area (Å²) in [7, 11) is 1.59. The maximum Gasteiger partial charge on any atom is 0.313 e. The molecule has 0 unspecified atom stereocenters. The van der Waals surface area contributed by atoms with Gasteiger partial charge in [-0.3, -0.25) is 9.59 Å². The number of carbonyl (C=O) groups is 2. The molecule has 0 fully saturated rings. The fraction of sp³-hybridized carbons (Fsp3) is 0.222. The van der Waals surface area contributed by atoms with Crippen LogP contribution in [0.3, 0.4) is 0 Å². The van der Waals surface area contributed by atoms with Gasteiger partial charge in [-0.1, -0.05) is 18.2 Å². The second-order valence-electron chi connectivity index (χ2n) is 5.29. The zero-order valence-corrected chi connectivity index (χ0v) is 13.6. The SMILES string of the molecule is COc1ccc(CCNC(=O)C(=O)Nc2ccc(C)cc2F)cc1. The molecule has 0 bridgehead atoms. The quantitative estimate of drug-likeness (QED) is 0.828. The van der Waals surface area contributed by atoms with E-state index in [1.54, 1.807) is 20.1 Å². The van der Waals surface area contributed by atoms with Crippen LogP contribution in [0, 0.1) is 12.7 Å². The zero-order chi connectivity index (χ0) is 17.5. The number of amides is 2. The van der Waals surface area contributed by atoms with Crippen molar-refractivity contribution in [3.63, 3.8) is 0 Å². The van der Waals surface area contributed by atoms with E-state index in [1.165, 1.54) is 12.1 Å². The van der Waals surface area contributed by atoms with E-state index in [-0.39, 0.29) is 5.69 Å². The highest BCUT2D eigenvalue weighted by Crippen LogP contribution is 2.15. The lowest BCUT2D eigenvalue weighted by molar-refractivity contribution is -0.136. The number of hydrogen-bond acceptors (Lipinski definition) is 3. The van der Waals surface area contributed by atoms with Crippen LogP contribution in [-0.2, 0) is 16.0 Å². The van der Waals surface area contributed by atoms with Crippen LogP contribution in [0.5, 0.6) is 5.75 Å². The standard InChI is InChI=1S/C18H19FN2O3/c1-12-3-8-16(15(19)11-12)21-18(23)17(22)20-10-9-13-4-6-14(24-2)7-5-13/h3-8,11H,9-10H2,1-2H3,(H,20,22)(H,21,23). The maximum atomic E-state index is 13.7. The van der Waals surface area contributed by atoms with E-state index in [0.29, 0.717) is 13.0 Å². The van der Waals surface area contributed by atoms with E-state index in [0.717, 1.165) is 16.9 Å². The zero-order valence-electron chi connectivity index (χ0n) is 13.6. The van der Waals surface area contributed by atoms with Gasteiger partial charge in [0.05, 0.1) is 12.8 Å². The van der Waals surface area contributed by atoms with Crippen LogP contribution in [0.25, 0.3) is 0 Å². The van der Waals surface area contributed by atoms with Gasteiger partial charge in [0.1, 0.15) is 11.6 Å². The maximum absolute atomic E-state index is 13.7. The van der Waals surface area contributed by atoms with Gasteiger partial charge in [0.15, 0.2) is 0 Å². The highest BCUT2D eigenvalue weighted by molar-refractivity contribution is 6.39. The lowest BCUT2D eigenvalue weighted by Crippen LogP contribution is -2.36. The molecule has 0 radical (unpaired) electrons. The molecule has 126 valence electrons. The summed E-state index contributed by atoms with van der Waals surface area (Å²) >= 11 is 0. The van der Waals surface area contributed by atoms with Gasteiger partial charge < -0.3 is 15.4 Å². The van der Waals surface area contributed by atoms with Crippen molar-refractivity contribution < 1.29 is 18.7 Å². The van der Waals surface area contributed by atoms with Crippen LogP contribution in [0.15, 0.2) is 42.5 Å². The number of aryl methyl sites for hydroxylation is 1. The summed E-state index contributed by atoms with van der Waals surface area (Å²) in [5.41, 5.74) is 1.71. The Balaban J connectivity index is 1.81. The Morgan fingerprint density at radius 2 is 1.79 bits per heavy atom. The minimum Gasteiger partial charge on any atom is -0.497 e. The summed E-state index contributed by atoms with van der Waals surface area (Å²) in [4.78, 5) is 23.5. The Morgan fingerprint density at radius 3 is 2.42 bits per heavy atom. The highest BCUT2D eigenvalue weighted by Gasteiger charge is 2.15. The topological polar surface area (TPSA) is 67.4 Å². The van der Waals surface area contributed by atoms with E-state index in [4.69, 9.17) is 4.74 Å². The van der Waals surface area contributed by atoms with Crippen LogP contribution in [0.4, 0.5) is 10.1 Å². The normalized spacial score (nSPS) is 10.1. The molecule has 2 aromatic rings. The molecule has 2 amide bonds. The first kappa shape index (κ1) is 17.5. The van der Waals surface area contributed by atoms with Crippen molar-refractivity contribution in [2.75, 3.05) is 19.0 Å². The van der Waals surface area contributed by atoms with E-state index >= 15 is 0 Å². The average molecular weight is 330 g/mol. The number of hydrogen-bond donors (Lipinski definition) is 2. The van der Waals surface area contributed by atoms with Crippen LogP contribution in [0.2, 0.25) is 0 Å². The van der Waals surface area contributed by atoms with E-state index in [2.05, 4.69) is 10.6 Å². The van der Waals surface area contributed by atoms with Gasteiger partial charge in [0, 0.05) is 6.54 Å². The van der Waals surface area contributed by atoms with E-state index < -0.39 is 17.6 Å². The Hall–Kier alpha value is -2.89. The van der Waals surface area contributed by atoms with E-state index in [9.17, 15) is 14.0 Å². The summed E-state index contributed by atoms with van der Waals surface area (Å²) < 4.78 is 18.7. The Morgan fingerprint density at radius 1 is 1.08 bits per heavy atom. The molecule has 0 aliphatic heterocycles. The molecule has 24 heavy (non-hydrogen) atoms. The van der Waals surface area contributed by atoms with Gasteiger partial charge in [-0.05, 0) is 48.7 Å². The summed E-state index contributed by atoms with van der Waals surface area (Å²) in [5.74, 6) is -1.52. The molecule has 0 saturated heterocycles. The number of methoxy groups -OCH3 is 1. The predicted octanol–water partition coefficient (Wildman–Crippen LogP) is 2.44. The number of halogens is 1. The van der Waals surface area contributed by atoms with Crippen LogP contribution < -0.4 is 15.4 Å². The molecule has 6 heteroatoms. The van der Waals surface area contributed by atoms with Gasteiger partial charge >= 0.3 is 11.8 Å². The third kappa shape index (κ3) is 4.81. The summed E-state index contributed by atoms with van der Waals surface area (Å²) in [5, 5.41) is 4.76. The molecule has 0 saturated carbocycles. The summed E-state index contributed by atoms with van der Waals surface area (Å²) in [6.07, 6.45) is 0.571. The van der Waals surface area contributed by atoms with Crippen molar-refractivity contribution in [1.82, 2.24) is 5.32 Å². The first-order valence-corrected chi connectivity index (χ1v) is 7.48. The predicted molar refractivity (Wildman–Crippen MR) is 89.5 cm³/mol. The molecule has 2 N–H and O–H groups in total. The first-order chi connectivity index (χ1) is 11.5. The van der Waals surface area contributed by atoms with Crippen molar-refractivity contribution in [3.8, 4) is 5.75 Å². The second-order valence-corrected chi connectivity index (χ2v) is 5.29. The molecule has 2 rings (SSSR count). The van der Waals surface area contributed by atoms with Crippen molar-refractivity contribution >= 4 is 17.5 Å². The molecule has 0 heterocycles. The molecule has 0 aliphatic rings. The lowest BCUT2D eigenvalue weighted by Gasteiger charge is -2.08. The molecular formula is C18H19FN2O3. The molecule has 0 atom stereocenters. The molecule has 0 spiro atoms. The number of rotatable bonds is 5. The number of benzene rings is 2. The molecular weight excluding hydrogens is 311 g/mol. The number of nitrogens with one attached hydrogen (secondary N) is 2. The third-order valence-electron chi connectivity index (χ3n) is 3.44. The number of carbonyl (C=O) groups excluding carboxylic acids is 2. The molecule has 0 aromatic heterocycles. The third-order valence-corrected chi connectivity index (χ3v) is 3.44. The van der Waals surface area contributed by atoms with Gasteiger partial charge in [0.2, 0.25) is 0 Å². The Kier molecular flexibility index (Phi) is 5.89. The van der Waals surface area contributed by atoms with Crippen molar-refractivity contribution in [3.05, 3.63) is 59.4 Å². The van der Waals surface area contributed by atoms with Gasteiger partial charge in [-0.25, -0.2) is 4.39 Å². The number of anilines is 1. The van der Waals surface area contributed by atoms with Gasteiger partial charge in [-0.15, -0.1) is 0 Å². The van der Waals surface area contributed by atoms with Crippen LogP contribution in [-0.4, -0.2) is 25.5 Å². The van der Waals surface area contributed by atoms with Crippen molar-refractivity contribution in [2.24, 2.45) is 0 Å². The van der Waals surface area contributed by atoms with Crippen molar-refractivity contribution in [1.29, 1.82) is 0 Å². The minimum absolute atomic E-state index is 0.0177. The molecule has 2 aromatic carbocycles. The Bertz CT molecular complexity index is 730. The monoisotopic (exact) mass is 330 g/mol. The first-order valence-electron chi connectivity index (χ1n) is 7.48. The fourth-order valence-corrected chi connectivity index (χ4v) is 2.09. The second kappa shape index (κ2) is 8.10. The number of ether oxygens (including phenoxy) is 1. The smallest absolute Gasteiger partial charge is 0.313 e. The van der Waals surface area contributed by atoms with Gasteiger partial charge in [0.25, 0.3) is 0 Å². The molecule has 0 aliphatic carbocycles. The van der Waals surface area contributed by atoms with Gasteiger partial charge in [-0.2, -0.15) is 0 Å². The highest BCUT2D eigenvalue weighted by atomic mass is 19.1. The van der Waals surface area contributed by atoms with Crippen molar-refractivity contribution in [2.45, 2.75) is 13.3 Å². The van der Waals surface area contributed by atoms with Crippen LogP contribution >= 0.6 is 0 Å². The van der Waals surface area contributed by atoms with E-state index in [1.807, 2.05) is 24.3 Å². The van der Waals surface area contributed by atoms with Crippen LogP contribution in [0.1, 0.15) is 11.1 Å². The molecule has 5 nitrogen and oxygen atoms in total. The summed E-state index contributed by atoms with van der Waals surface area (Å²) in [6, 6.07) is 11.8. The summed E-state index contributed by atoms with van der Waals surface area (Å²) in [6.45, 7) is 2.04. The average Bonchev–Trinajstić information content (AvgIpc) is 2.57. The largest absolute Gasteiger partial charge is 0.497 e. The lowest BCUT2D eigenvalue weighted by atomic mass is 10.1.